The summed E-state index contributed by atoms with van der Waals surface area (Å²) in [6.45, 7) is 1.06. The summed E-state index contributed by atoms with van der Waals surface area (Å²) in [6.07, 6.45) is 0.466. The standard InChI is InChI=1S/C24H23FN2O4/c25-18-9-7-14(8-10-18)22(28)23(29)26-21-16-5-6-17(21)13-27(12-16)24(30)20-11-15-3-1-2-4-19(15)31-20/h1-4,7-11,16-17,21-22,28H,5-6,12-13H2,(H,26,29)/t16-,17+,21?,22?. The van der Waals surface area contributed by atoms with Gasteiger partial charge in [-0.25, -0.2) is 4.39 Å². The average Bonchev–Trinajstić information content (AvgIpc) is 3.30. The zero-order valence-electron chi connectivity index (χ0n) is 16.8. The number of para-hydroxylation sites is 1. The highest BCUT2D eigenvalue weighted by Gasteiger charge is 2.45. The highest BCUT2D eigenvalue weighted by atomic mass is 19.1. The summed E-state index contributed by atoms with van der Waals surface area (Å²) in [5.41, 5.74) is 1.04. The number of carbonyl (C=O) groups excluding carboxylic acids is 2. The zero-order valence-corrected chi connectivity index (χ0v) is 16.8. The molecule has 2 aliphatic rings. The van der Waals surface area contributed by atoms with E-state index in [0.717, 1.165) is 18.2 Å². The fraction of sp³-hybridized carbons (Fsp3) is 0.333. The molecule has 2 aromatic carbocycles. The highest BCUT2D eigenvalue weighted by molar-refractivity contribution is 5.96. The van der Waals surface area contributed by atoms with Crippen molar-refractivity contribution in [2.24, 2.45) is 11.8 Å². The summed E-state index contributed by atoms with van der Waals surface area (Å²) in [5.74, 6) is -0.478. The van der Waals surface area contributed by atoms with E-state index in [4.69, 9.17) is 4.42 Å². The molecule has 2 unspecified atom stereocenters. The van der Waals surface area contributed by atoms with Crippen LogP contribution < -0.4 is 5.32 Å². The van der Waals surface area contributed by atoms with Crippen LogP contribution in [0.4, 0.5) is 4.39 Å². The molecule has 2 N–H and O–H groups in total. The lowest BCUT2D eigenvalue weighted by Crippen LogP contribution is -2.54. The first-order chi connectivity index (χ1) is 15.0. The predicted molar refractivity (Wildman–Crippen MR) is 112 cm³/mol. The summed E-state index contributed by atoms with van der Waals surface area (Å²) in [7, 11) is 0. The van der Waals surface area contributed by atoms with E-state index in [-0.39, 0.29) is 23.8 Å². The largest absolute Gasteiger partial charge is 0.451 e. The van der Waals surface area contributed by atoms with E-state index in [1.807, 2.05) is 24.3 Å². The van der Waals surface area contributed by atoms with Crippen LogP contribution >= 0.6 is 0 Å². The van der Waals surface area contributed by atoms with Gasteiger partial charge < -0.3 is 19.7 Å². The number of piperidine rings is 1. The molecule has 31 heavy (non-hydrogen) atoms. The van der Waals surface area contributed by atoms with E-state index in [1.165, 1.54) is 24.3 Å². The van der Waals surface area contributed by atoms with Crippen LogP contribution in [0.2, 0.25) is 0 Å². The predicted octanol–water partition coefficient (Wildman–Crippen LogP) is 3.27. The lowest BCUT2D eigenvalue weighted by molar-refractivity contribution is -0.131. The summed E-state index contributed by atoms with van der Waals surface area (Å²) in [4.78, 5) is 27.4. The van der Waals surface area contributed by atoms with Gasteiger partial charge in [-0.2, -0.15) is 0 Å². The van der Waals surface area contributed by atoms with Crippen molar-refractivity contribution in [3.63, 3.8) is 0 Å². The number of aliphatic hydroxyl groups excluding tert-OH is 1. The Bertz CT molecular complexity index is 1080. The van der Waals surface area contributed by atoms with Gasteiger partial charge in [-0.1, -0.05) is 30.3 Å². The number of likely N-dealkylation sites (tertiary alicyclic amines) is 1. The molecule has 6 nitrogen and oxygen atoms in total. The van der Waals surface area contributed by atoms with E-state index in [9.17, 15) is 19.1 Å². The molecule has 2 bridgehead atoms. The third kappa shape index (κ3) is 3.70. The SMILES string of the molecule is O=C(NC1[C@@H]2CC[C@H]1CN(C(=O)c1cc3ccccc3o1)C2)C(O)c1ccc(F)cc1. The van der Waals surface area contributed by atoms with Crippen LogP contribution in [-0.4, -0.2) is 41.0 Å². The first-order valence-corrected chi connectivity index (χ1v) is 10.5. The summed E-state index contributed by atoms with van der Waals surface area (Å²) >= 11 is 0. The Morgan fingerprint density at radius 3 is 2.42 bits per heavy atom. The Hall–Kier alpha value is -3.19. The van der Waals surface area contributed by atoms with Gasteiger partial charge in [0, 0.05) is 24.5 Å². The maximum Gasteiger partial charge on any atom is 0.289 e. The van der Waals surface area contributed by atoms with Crippen LogP contribution in [0.3, 0.4) is 0 Å². The molecule has 4 atom stereocenters. The van der Waals surface area contributed by atoms with Crippen LogP contribution in [0, 0.1) is 17.7 Å². The molecule has 160 valence electrons. The molecule has 3 aromatic rings. The van der Waals surface area contributed by atoms with Crippen molar-refractivity contribution in [2.45, 2.75) is 25.0 Å². The maximum absolute atomic E-state index is 13.1. The summed E-state index contributed by atoms with van der Waals surface area (Å²) in [5, 5.41) is 14.2. The number of fused-ring (bicyclic) bond motifs is 3. The lowest BCUT2D eigenvalue weighted by Gasteiger charge is -2.38. The van der Waals surface area contributed by atoms with Crippen LogP contribution in [0.1, 0.15) is 35.1 Å². The molecular formula is C24H23FN2O4. The normalized spacial score (nSPS) is 23.7. The Balaban J connectivity index is 1.26. The molecular weight excluding hydrogens is 399 g/mol. The van der Waals surface area contributed by atoms with Crippen LogP contribution in [-0.2, 0) is 4.79 Å². The molecule has 1 aliphatic heterocycles. The van der Waals surface area contributed by atoms with E-state index in [2.05, 4.69) is 5.32 Å². The average molecular weight is 422 g/mol. The fourth-order valence-corrected chi connectivity index (χ4v) is 4.91. The number of hydrogen-bond donors (Lipinski definition) is 2. The van der Waals surface area contributed by atoms with Gasteiger partial charge in [0.2, 0.25) is 0 Å². The molecule has 0 radical (unpaired) electrons. The molecule has 1 saturated carbocycles. The molecule has 2 amide bonds. The minimum atomic E-state index is -1.35. The first kappa shape index (κ1) is 19.8. The monoisotopic (exact) mass is 422 g/mol. The molecule has 1 saturated heterocycles. The van der Waals surface area contributed by atoms with Gasteiger partial charge in [-0.05, 0) is 54.5 Å². The quantitative estimate of drug-likeness (QED) is 0.676. The van der Waals surface area contributed by atoms with Crippen LogP contribution in [0.15, 0.2) is 59.0 Å². The zero-order chi connectivity index (χ0) is 21.5. The Morgan fingerprint density at radius 2 is 1.74 bits per heavy atom. The number of halogens is 1. The lowest BCUT2D eigenvalue weighted by atomic mass is 9.91. The van der Waals surface area contributed by atoms with Crippen molar-refractivity contribution in [1.82, 2.24) is 10.2 Å². The van der Waals surface area contributed by atoms with Gasteiger partial charge >= 0.3 is 0 Å². The third-order valence-electron chi connectivity index (χ3n) is 6.50. The number of nitrogens with one attached hydrogen (secondary N) is 1. The van der Waals surface area contributed by atoms with E-state index in [1.54, 1.807) is 11.0 Å². The highest BCUT2D eigenvalue weighted by Crippen LogP contribution is 2.38. The number of aliphatic hydroxyl groups is 1. The Kier molecular flexibility index (Phi) is 4.98. The summed E-state index contributed by atoms with van der Waals surface area (Å²) in [6, 6.07) is 14.4. The van der Waals surface area contributed by atoms with Gasteiger partial charge in [0.15, 0.2) is 11.9 Å². The molecule has 1 aromatic heterocycles. The second-order valence-corrected chi connectivity index (χ2v) is 8.44. The second-order valence-electron chi connectivity index (χ2n) is 8.44. The Morgan fingerprint density at radius 1 is 1.06 bits per heavy atom. The number of hydrogen-bond acceptors (Lipinski definition) is 4. The molecule has 2 fully saturated rings. The van der Waals surface area contributed by atoms with Crippen molar-refractivity contribution < 1.29 is 23.5 Å². The number of carbonyl (C=O) groups is 2. The Labute approximate surface area is 178 Å². The van der Waals surface area contributed by atoms with Crippen molar-refractivity contribution in [2.75, 3.05) is 13.1 Å². The maximum atomic E-state index is 13.1. The molecule has 5 rings (SSSR count). The van der Waals surface area contributed by atoms with Gasteiger partial charge in [0.1, 0.15) is 11.4 Å². The topological polar surface area (TPSA) is 82.8 Å². The van der Waals surface area contributed by atoms with Crippen molar-refractivity contribution >= 4 is 22.8 Å². The second kappa shape index (κ2) is 7.81. The minimum absolute atomic E-state index is 0.0951. The fourth-order valence-electron chi connectivity index (χ4n) is 4.91. The minimum Gasteiger partial charge on any atom is -0.451 e. The molecule has 2 heterocycles. The number of furan rings is 1. The van der Waals surface area contributed by atoms with Crippen molar-refractivity contribution in [3.8, 4) is 0 Å². The van der Waals surface area contributed by atoms with Gasteiger partial charge in [-0.3, -0.25) is 9.59 Å². The smallest absolute Gasteiger partial charge is 0.289 e. The van der Waals surface area contributed by atoms with E-state index >= 15 is 0 Å². The number of nitrogens with zero attached hydrogens (tertiary/aromatic N) is 1. The van der Waals surface area contributed by atoms with Gasteiger partial charge in [-0.15, -0.1) is 0 Å². The van der Waals surface area contributed by atoms with Crippen LogP contribution in [0.5, 0.6) is 0 Å². The molecule has 7 heteroatoms. The van der Waals surface area contributed by atoms with Crippen molar-refractivity contribution in [3.05, 3.63) is 71.7 Å². The third-order valence-corrected chi connectivity index (χ3v) is 6.50. The molecule has 0 spiro atoms. The van der Waals surface area contributed by atoms with Crippen LogP contribution in [0.25, 0.3) is 11.0 Å². The number of amides is 2. The van der Waals surface area contributed by atoms with Gasteiger partial charge in [0.25, 0.3) is 11.8 Å². The summed E-state index contributed by atoms with van der Waals surface area (Å²) < 4.78 is 18.8. The number of rotatable bonds is 4. The van der Waals surface area contributed by atoms with E-state index < -0.39 is 17.8 Å². The van der Waals surface area contributed by atoms with Crippen molar-refractivity contribution in [1.29, 1.82) is 0 Å². The van der Waals surface area contributed by atoms with Gasteiger partial charge in [0.05, 0.1) is 0 Å². The molecule has 1 aliphatic carbocycles. The first-order valence-electron chi connectivity index (χ1n) is 10.5. The number of benzene rings is 2. The van der Waals surface area contributed by atoms with E-state index in [0.29, 0.717) is 30.0 Å².